The molecule has 1 unspecified atom stereocenters. The van der Waals surface area contributed by atoms with Crippen molar-refractivity contribution in [2.45, 2.75) is 51.4 Å². The van der Waals surface area contributed by atoms with Gasteiger partial charge in [-0.1, -0.05) is 6.07 Å². The van der Waals surface area contributed by atoms with E-state index in [1.165, 1.54) is 6.07 Å². The summed E-state index contributed by atoms with van der Waals surface area (Å²) in [6.45, 7) is 7.74. The maximum Gasteiger partial charge on any atom is 0.433 e. The van der Waals surface area contributed by atoms with Crippen LogP contribution in [0.15, 0.2) is 18.2 Å². The Morgan fingerprint density at radius 1 is 1.29 bits per heavy atom. The van der Waals surface area contributed by atoms with E-state index in [1.54, 1.807) is 6.07 Å². The molecular formula is C15H22F3N3. The van der Waals surface area contributed by atoms with Crippen molar-refractivity contribution < 1.29 is 13.2 Å². The van der Waals surface area contributed by atoms with Gasteiger partial charge in [0.15, 0.2) is 0 Å². The Hall–Kier alpha value is -1.30. The maximum absolute atomic E-state index is 12.8. The second-order valence-corrected chi connectivity index (χ2v) is 6.50. The van der Waals surface area contributed by atoms with Crippen molar-refractivity contribution in [2.24, 2.45) is 0 Å². The number of anilines is 1. The minimum Gasteiger partial charge on any atom is -0.352 e. The fraction of sp³-hybridized carbons (Fsp3) is 0.667. The monoisotopic (exact) mass is 301 g/mol. The molecule has 0 bridgehead atoms. The van der Waals surface area contributed by atoms with Gasteiger partial charge in [0, 0.05) is 24.7 Å². The van der Waals surface area contributed by atoms with E-state index in [1.807, 2.05) is 4.90 Å². The largest absolute Gasteiger partial charge is 0.433 e. The van der Waals surface area contributed by atoms with E-state index in [4.69, 9.17) is 0 Å². The highest BCUT2D eigenvalue weighted by Gasteiger charge is 2.34. The third-order valence-corrected chi connectivity index (χ3v) is 3.56. The summed E-state index contributed by atoms with van der Waals surface area (Å²) in [5.41, 5.74) is -0.829. The van der Waals surface area contributed by atoms with Crippen LogP contribution in [0.5, 0.6) is 0 Å². The molecule has 21 heavy (non-hydrogen) atoms. The topological polar surface area (TPSA) is 28.2 Å². The summed E-state index contributed by atoms with van der Waals surface area (Å²) in [6.07, 6.45) is -2.44. The Kier molecular flexibility index (Phi) is 4.46. The molecule has 1 atom stereocenters. The van der Waals surface area contributed by atoms with Crippen molar-refractivity contribution >= 4 is 5.82 Å². The van der Waals surface area contributed by atoms with Crippen LogP contribution < -0.4 is 10.2 Å². The highest BCUT2D eigenvalue weighted by molar-refractivity contribution is 5.42. The fourth-order valence-electron chi connectivity index (χ4n) is 2.51. The zero-order chi connectivity index (χ0) is 15.7. The van der Waals surface area contributed by atoms with E-state index in [0.717, 1.165) is 32.0 Å². The van der Waals surface area contributed by atoms with Gasteiger partial charge in [0.25, 0.3) is 0 Å². The van der Waals surface area contributed by atoms with Crippen molar-refractivity contribution in [3.05, 3.63) is 23.9 Å². The Morgan fingerprint density at radius 3 is 2.62 bits per heavy atom. The van der Waals surface area contributed by atoms with Crippen LogP contribution in [0.2, 0.25) is 0 Å². The van der Waals surface area contributed by atoms with Crippen molar-refractivity contribution in [3.63, 3.8) is 0 Å². The first-order valence-corrected chi connectivity index (χ1v) is 7.23. The molecule has 0 aromatic carbocycles. The zero-order valence-electron chi connectivity index (χ0n) is 12.7. The number of rotatable bonds is 3. The second-order valence-electron chi connectivity index (χ2n) is 6.50. The molecule has 2 heterocycles. The molecule has 1 aromatic rings. The number of hydrogen-bond donors (Lipinski definition) is 1. The molecule has 118 valence electrons. The quantitative estimate of drug-likeness (QED) is 0.927. The summed E-state index contributed by atoms with van der Waals surface area (Å²) >= 11 is 0. The van der Waals surface area contributed by atoms with Gasteiger partial charge in [-0.3, -0.25) is 0 Å². The first-order valence-electron chi connectivity index (χ1n) is 7.23. The van der Waals surface area contributed by atoms with Crippen LogP contribution in [0.1, 0.15) is 39.3 Å². The highest BCUT2D eigenvalue weighted by atomic mass is 19.4. The Bertz CT molecular complexity index is 480. The van der Waals surface area contributed by atoms with Crippen molar-refractivity contribution in [1.29, 1.82) is 0 Å². The molecule has 0 radical (unpaired) electrons. The van der Waals surface area contributed by atoms with Gasteiger partial charge >= 0.3 is 6.18 Å². The molecule has 6 heteroatoms. The summed E-state index contributed by atoms with van der Waals surface area (Å²) in [4.78, 5) is 5.77. The van der Waals surface area contributed by atoms with Crippen LogP contribution in [0, 0.1) is 0 Å². The number of hydrogen-bond acceptors (Lipinski definition) is 3. The molecule has 1 aliphatic heterocycles. The standard InChI is InChI=1S/C15H22F3N3/c1-14(2,3)19-10-11-6-5-9-21(11)13-8-4-7-12(20-13)15(16,17)18/h4,7-8,11,19H,5-6,9-10H2,1-3H3. The van der Waals surface area contributed by atoms with Crippen molar-refractivity contribution in [1.82, 2.24) is 10.3 Å². The minimum atomic E-state index is -4.39. The van der Waals surface area contributed by atoms with Crippen molar-refractivity contribution in [3.8, 4) is 0 Å². The van der Waals surface area contributed by atoms with E-state index >= 15 is 0 Å². The lowest BCUT2D eigenvalue weighted by atomic mass is 10.1. The third-order valence-electron chi connectivity index (χ3n) is 3.56. The van der Waals surface area contributed by atoms with Gasteiger partial charge in [0.05, 0.1) is 0 Å². The summed E-state index contributed by atoms with van der Waals surface area (Å²) in [6, 6.07) is 4.30. The van der Waals surface area contributed by atoms with Gasteiger partial charge in [-0.15, -0.1) is 0 Å². The molecule has 0 spiro atoms. The number of alkyl halides is 3. The van der Waals surface area contributed by atoms with Crippen LogP contribution >= 0.6 is 0 Å². The van der Waals surface area contributed by atoms with Crippen LogP contribution in [0.25, 0.3) is 0 Å². The smallest absolute Gasteiger partial charge is 0.352 e. The summed E-state index contributed by atoms with van der Waals surface area (Å²) < 4.78 is 38.3. The van der Waals surface area contributed by atoms with Crippen LogP contribution in [0.4, 0.5) is 19.0 Å². The van der Waals surface area contributed by atoms with Crippen LogP contribution in [-0.4, -0.2) is 29.7 Å². The summed E-state index contributed by atoms with van der Waals surface area (Å²) in [5.74, 6) is 0.419. The summed E-state index contributed by atoms with van der Waals surface area (Å²) in [7, 11) is 0. The average molecular weight is 301 g/mol. The number of aromatic nitrogens is 1. The Balaban J connectivity index is 2.13. The van der Waals surface area contributed by atoms with Crippen molar-refractivity contribution in [2.75, 3.05) is 18.0 Å². The van der Waals surface area contributed by atoms with Gasteiger partial charge in [-0.2, -0.15) is 13.2 Å². The predicted molar refractivity (Wildman–Crippen MR) is 77.4 cm³/mol. The van der Waals surface area contributed by atoms with Gasteiger partial charge in [-0.05, 0) is 45.7 Å². The fourth-order valence-corrected chi connectivity index (χ4v) is 2.51. The Morgan fingerprint density at radius 2 is 2.00 bits per heavy atom. The van der Waals surface area contributed by atoms with E-state index in [9.17, 15) is 13.2 Å². The maximum atomic E-state index is 12.8. The lowest BCUT2D eigenvalue weighted by molar-refractivity contribution is -0.141. The summed E-state index contributed by atoms with van der Waals surface area (Å²) in [5, 5.41) is 3.42. The van der Waals surface area contributed by atoms with Gasteiger partial charge < -0.3 is 10.2 Å². The van der Waals surface area contributed by atoms with Gasteiger partial charge in [0.1, 0.15) is 11.5 Å². The lowest BCUT2D eigenvalue weighted by Crippen LogP contribution is -2.45. The molecule has 0 saturated carbocycles. The van der Waals surface area contributed by atoms with E-state index < -0.39 is 11.9 Å². The second kappa shape index (κ2) is 5.83. The molecule has 2 rings (SSSR count). The van der Waals surface area contributed by atoms with E-state index in [0.29, 0.717) is 5.82 Å². The molecule has 1 saturated heterocycles. The lowest BCUT2D eigenvalue weighted by Gasteiger charge is -2.30. The number of pyridine rings is 1. The van der Waals surface area contributed by atoms with Gasteiger partial charge in [-0.25, -0.2) is 4.98 Å². The zero-order valence-corrected chi connectivity index (χ0v) is 12.7. The Labute approximate surface area is 123 Å². The number of halogens is 3. The first-order chi connectivity index (χ1) is 9.67. The van der Waals surface area contributed by atoms with Crippen LogP contribution in [-0.2, 0) is 6.18 Å². The first kappa shape index (κ1) is 16.1. The average Bonchev–Trinajstić information content (AvgIpc) is 2.83. The SMILES string of the molecule is CC(C)(C)NCC1CCCN1c1cccc(C(F)(F)F)n1. The number of nitrogens with one attached hydrogen (secondary N) is 1. The molecule has 3 nitrogen and oxygen atoms in total. The predicted octanol–water partition coefficient (Wildman–Crippen LogP) is 3.46. The van der Waals surface area contributed by atoms with Crippen LogP contribution in [0.3, 0.4) is 0 Å². The van der Waals surface area contributed by atoms with Gasteiger partial charge in [0.2, 0.25) is 0 Å². The molecule has 1 N–H and O–H groups in total. The van der Waals surface area contributed by atoms with E-state index in [-0.39, 0.29) is 11.6 Å². The van der Waals surface area contributed by atoms with E-state index in [2.05, 4.69) is 31.1 Å². The highest BCUT2D eigenvalue weighted by Crippen LogP contribution is 2.30. The molecule has 0 aliphatic carbocycles. The molecule has 1 aromatic heterocycles. The number of nitrogens with zero attached hydrogens (tertiary/aromatic N) is 2. The third kappa shape index (κ3) is 4.33. The molecule has 0 amide bonds. The minimum absolute atomic E-state index is 0.00446. The molecule has 1 fully saturated rings. The molecular weight excluding hydrogens is 279 g/mol. The molecule has 1 aliphatic rings. The normalized spacial score (nSPS) is 20.1.